The van der Waals surface area contributed by atoms with Crippen LogP contribution in [0.1, 0.15) is 31.2 Å². The van der Waals surface area contributed by atoms with Gasteiger partial charge in [-0.15, -0.1) is 0 Å². The minimum absolute atomic E-state index is 0.231. The van der Waals surface area contributed by atoms with Crippen LogP contribution < -0.4 is 14.8 Å². The lowest BCUT2D eigenvalue weighted by Gasteiger charge is -2.38. The molecule has 1 saturated carbocycles. The van der Waals surface area contributed by atoms with Gasteiger partial charge in [0.1, 0.15) is 11.5 Å². The van der Waals surface area contributed by atoms with E-state index < -0.39 is 0 Å². The molecular weight excluding hydrogens is 406 g/mol. The SMILES string of the molecule is CN=C(NCC1(C(=O)N(C)C)CCCC1)N1CCN(Cc2cc(OC)ccc2OC)CC1. The molecule has 1 aromatic rings. The molecule has 2 aliphatic rings. The Labute approximate surface area is 192 Å². The molecule has 1 aliphatic heterocycles. The van der Waals surface area contributed by atoms with Crippen molar-refractivity contribution in [3.05, 3.63) is 23.8 Å². The number of methoxy groups -OCH3 is 2. The van der Waals surface area contributed by atoms with Crippen LogP contribution in [0.4, 0.5) is 0 Å². The molecule has 1 N–H and O–H groups in total. The molecule has 0 bridgehead atoms. The predicted molar refractivity (Wildman–Crippen MR) is 127 cm³/mol. The molecule has 1 heterocycles. The van der Waals surface area contributed by atoms with Gasteiger partial charge in [-0.05, 0) is 31.0 Å². The minimum Gasteiger partial charge on any atom is -0.497 e. The molecule has 8 heteroatoms. The van der Waals surface area contributed by atoms with Crippen LogP contribution in [0.5, 0.6) is 11.5 Å². The third-order valence-electron chi connectivity index (χ3n) is 6.77. The zero-order valence-electron chi connectivity index (χ0n) is 20.3. The number of hydrogen-bond donors (Lipinski definition) is 1. The van der Waals surface area contributed by atoms with E-state index >= 15 is 0 Å². The fraction of sp³-hybridized carbons (Fsp3) is 0.667. The van der Waals surface area contributed by atoms with Crippen LogP contribution in [0.2, 0.25) is 0 Å². The van der Waals surface area contributed by atoms with E-state index in [0.29, 0.717) is 6.54 Å². The average molecular weight is 446 g/mol. The van der Waals surface area contributed by atoms with Crippen molar-refractivity contribution in [3.8, 4) is 11.5 Å². The Balaban J connectivity index is 1.56. The molecule has 178 valence electrons. The molecule has 32 heavy (non-hydrogen) atoms. The summed E-state index contributed by atoms with van der Waals surface area (Å²) in [5, 5.41) is 3.53. The number of benzene rings is 1. The van der Waals surface area contributed by atoms with Crippen LogP contribution in [0.25, 0.3) is 0 Å². The summed E-state index contributed by atoms with van der Waals surface area (Å²) in [5.74, 6) is 2.85. The average Bonchev–Trinajstić information content (AvgIpc) is 3.29. The van der Waals surface area contributed by atoms with Gasteiger partial charge in [-0.3, -0.25) is 14.7 Å². The third kappa shape index (κ3) is 5.46. The Hall–Kier alpha value is -2.48. The Bertz CT molecular complexity index is 797. The summed E-state index contributed by atoms with van der Waals surface area (Å²) in [6.07, 6.45) is 4.13. The second kappa shape index (κ2) is 10.9. The molecule has 0 unspecified atom stereocenters. The lowest BCUT2D eigenvalue weighted by atomic mass is 9.84. The van der Waals surface area contributed by atoms with E-state index in [1.807, 2.05) is 33.3 Å². The summed E-state index contributed by atoms with van der Waals surface area (Å²) >= 11 is 0. The highest BCUT2D eigenvalue weighted by Gasteiger charge is 2.42. The number of piperazine rings is 1. The van der Waals surface area contributed by atoms with E-state index in [4.69, 9.17) is 9.47 Å². The highest BCUT2D eigenvalue weighted by atomic mass is 16.5. The van der Waals surface area contributed by atoms with Crippen LogP contribution in [-0.2, 0) is 11.3 Å². The van der Waals surface area contributed by atoms with Gasteiger partial charge >= 0.3 is 0 Å². The number of rotatable bonds is 7. The smallest absolute Gasteiger partial charge is 0.230 e. The number of nitrogens with one attached hydrogen (secondary N) is 1. The molecule has 0 aromatic heterocycles. The van der Waals surface area contributed by atoms with E-state index in [9.17, 15) is 4.79 Å². The molecule has 1 aromatic carbocycles. The van der Waals surface area contributed by atoms with Crippen LogP contribution in [0.3, 0.4) is 0 Å². The van der Waals surface area contributed by atoms with Gasteiger partial charge in [-0.2, -0.15) is 0 Å². The summed E-state index contributed by atoms with van der Waals surface area (Å²) in [4.78, 5) is 23.8. The van der Waals surface area contributed by atoms with Crippen LogP contribution >= 0.6 is 0 Å². The first-order chi connectivity index (χ1) is 15.4. The van der Waals surface area contributed by atoms with Crippen molar-refractivity contribution in [1.29, 1.82) is 0 Å². The van der Waals surface area contributed by atoms with Crippen molar-refractivity contribution in [2.75, 3.05) is 68.1 Å². The predicted octanol–water partition coefficient (Wildman–Crippen LogP) is 2.05. The number of aliphatic imine (C=N–C) groups is 1. The Morgan fingerprint density at radius 3 is 2.38 bits per heavy atom. The fourth-order valence-corrected chi connectivity index (χ4v) is 4.94. The van der Waals surface area contributed by atoms with Crippen molar-refractivity contribution in [2.45, 2.75) is 32.2 Å². The summed E-state index contributed by atoms with van der Waals surface area (Å²) in [5.41, 5.74) is 0.831. The van der Waals surface area contributed by atoms with Crippen molar-refractivity contribution >= 4 is 11.9 Å². The van der Waals surface area contributed by atoms with E-state index in [2.05, 4.69) is 26.2 Å². The molecule has 3 rings (SSSR count). The summed E-state index contributed by atoms with van der Waals surface area (Å²) in [7, 11) is 8.92. The van der Waals surface area contributed by atoms with Crippen LogP contribution in [-0.4, -0.2) is 94.7 Å². The quantitative estimate of drug-likeness (QED) is 0.512. The summed E-state index contributed by atoms with van der Waals surface area (Å²) < 4.78 is 10.9. The standard InChI is InChI=1S/C24H39N5O3/c1-25-23(26-18-24(10-6-7-11-24)22(30)27(2)3)29-14-12-28(13-15-29)17-19-16-20(31-4)8-9-21(19)32-5/h8-9,16H,6-7,10-15,17-18H2,1-5H3,(H,25,26). The van der Waals surface area contributed by atoms with E-state index in [0.717, 1.165) is 81.4 Å². The highest BCUT2D eigenvalue weighted by Crippen LogP contribution is 2.39. The zero-order chi connectivity index (χ0) is 23.1. The highest BCUT2D eigenvalue weighted by molar-refractivity contribution is 5.85. The summed E-state index contributed by atoms with van der Waals surface area (Å²) in [6.45, 7) is 5.12. The van der Waals surface area contributed by atoms with E-state index in [1.165, 1.54) is 0 Å². The first kappa shape index (κ1) is 24.2. The molecular formula is C24H39N5O3. The maximum atomic E-state index is 12.9. The first-order valence-electron chi connectivity index (χ1n) is 11.5. The number of guanidine groups is 1. The summed E-state index contributed by atoms with van der Waals surface area (Å²) in [6, 6.07) is 5.94. The normalized spacial score (nSPS) is 19.0. The number of hydrogen-bond acceptors (Lipinski definition) is 5. The van der Waals surface area contributed by atoms with Gasteiger partial charge in [-0.25, -0.2) is 0 Å². The maximum absolute atomic E-state index is 12.9. The van der Waals surface area contributed by atoms with Crippen molar-refractivity contribution < 1.29 is 14.3 Å². The third-order valence-corrected chi connectivity index (χ3v) is 6.77. The monoisotopic (exact) mass is 445 g/mol. The minimum atomic E-state index is -0.301. The molecule has 2 fully saturated rings. The largest absolute Gasteiger partial charge is 0.497 e. The maximum Gasteiger partial charge on any atom is 0.230 e. The van der Waals surface area contributed by atoms with Gasteiger partial charge in [0.25, 0.3) is 0 Å². The molecule has 1 amide bonds. The molecule has 8 nitrogen and oxygen atoms in total. The molecule has 1 aliphatic carbocycles. The molecule has 0 spiro atoms. The molecule has 1 saturated heterocycles. The van der Waals surface area contributed by atoms with Gasteiger partial charge in [-0.1, -0.05) is 12.8 Å². The van der Waals surface area contributed by atoms with Crippen molar-refractivity contribution in [2.24, 2.45) is 10.4 Å². The Morgan fingerprint density at radius 2 is 1.81 bits per heavy atom. The zero-order valence-corrected chi connectivity index (χ0v) is 20.3. The number of carbonyl (C=O) groups is 1. The second-order valence-corrected chi connectivity index (χ2v) is 9.03. The number of amides is 1. The second-order valence-electron chi connectivity index (χ2n) is 9.03. The number of nitrogens with zero attached hydrogens (tertiary/aromatic N) is 4. The van der Waals surface area contributed by atoms with Gasteiger partial charge in [0.2, 0.25) is 5.91 Å². The van der Waals surface area contributed by atoms with Crippen molar-refractivity contribution in [1.82, 2.24) is 20.0 Å². The Kier molecular flexibility index (Phi) is 8.23. The van der Waals surface area contributed by atoms with Gasteiger partial charge < -0.3 is 24.6 Å². The molecule has 0 atom stereocenters. The lowest BCUT2D eigenvalue weighted by Crippen LogP contribution is -2.54. The number of ether oxygens (including phenoxy) is 2. The van der Waals surface area contributed by atoms with Gasteiger partial charge in [0.05, 0.1) is 19.6 Å². The van der Waals surface area contributed by atoms with Crippen LogP contribution in [0, 0.1) is 5.41 Å². The Morgan fingerprint density at radius 1 is 1.12 bits per heavy atom. The first-order valence-corrected chi connectivity index (χ1v) is 11.5. The van der Waals surface area contributed by atoms with Crippen LogP contribution in [0.15, 0.2) is 23.2 Å². The molecule has 0 radical (unpaired) electrons. The van der Waals surface area contributed by atoms with E-state index in [-0.39, 0.29) is 11.3 Å². The van der Waals surface area contributed by atoms with Gasteiger partial charge in [0.15, 0.2) is 5.96 Å². The topological polar surface area (TPSA) is 69.6 Å². The number of carbonyl (C=O) groups excluding carboxylic acids is 1. The lowest BCUT2D eigenvalue weighted by molar-refractivity contribution is -0.138. The van der Waals surface area contributed by atoms with E-state index in [1.54, 1.807) is 19.1 Å². The fourth-order valence-electron chi connectivity index (χ4n) is 4.94. The van der Waals surface area contributed by atoms with Crippen molar-refractivity contribution in [3.63, 3.8) is 0 Å². The van der Waals surface area contributed by atoms with Gasteiger partial charge in [0, 0.05) is 66.0 Å².